The molecule has 9 heteroatoms. The third kappa shape index (κ3) is 7.49. The van der Waals surface area contributed by atoms with E-state index in [0.717, 1.165) is 22.6 Å². The number of halogens is 2. The van der Waals surface area contributed by atoms with E-state index >= 15 is 0 Å². The molecule has 0 radical (unpaired) electrons. The number of carbonyl (C=O) groups is 2. The molecule has 2 amide bonds. The number of hydrogen-bond acceptors (Lipinski definition) is 5. The predicted molar refractivity (Wildman–Crippen MR) is 169 cm³/mol. The molecule has 1 aromatic heterocycles. The van der Waals surface area contributed by atoms with Gasteiger partial charge in [-0.15, -0.1) is 35.3 Å². The molecule has 0 spiro atoms. The van der Waals surface area contributed by atoms with Crippen molar-refractivity contribution in [2.75, 3.05) is 30.4 Å². The van der Waals surface area contributed by atoms with Crippen LogP contribution in [0.15, 0.2) is 96.4 Å². The Morgan fingerprint density at radius 1 is 1.02 bits per heavy atom. The molecule has 1 saturated heterocycles. The van der Waals surface area contributed by atoms with Gasteiger partial charge < -0.3 is 15.0 Å². The molecule has 0 saturated carbocycles. The SMILES string of the molecule is Cc1cc(Oc2ccccc2)ccc1N(C(=O)CCl)C(C(=O)N1CCNC(Cc2ccccc2)C1)c1cccs1.Cl. The number of anilines is 1. The third-order valence-electron chi connectivity index (χ3n) is 6.99. The van der Waals surface area contributed by atoms with Crippen LogP contribution in [0.5, 0.6) is 11.5 Å². The number of amides is 2. The summed E-state index contributed by atoms with van der Waals surface area (Å²) >= 11 is 7.61. The van der Waals surface area contributed by atoms with E-state index in [9.17, 15) is 9.59 Å². The van der Waals surface area contributed by atoms with Crippen LogP contribution < -0.4 is 15.0 Å². The van der Waals surface area contributed by atoms with Crippen LogP contribution in [0.3, 0.4) is 0 Å². The first-order valence-corrected chi connectivity index (χ1v) is 14.8. The van der Waals surface area contributed by atoms with Crippen LogP contribution >= 0.6 is 35.3 Å². The van der Waals surface area contributed by atoms with E-state index < -0.39 is 6.04 Å². The monoisotopic (exact) mass is 609 g/mol. The molecule has 1 fully saturated rings. The van der Waals surface area contributed by atoms with Gasteiger partial charge in [0, 0.05) is 36.2 Å². The first-order valence-electron chi connectivity index (χ1n) is 13.3. The standard InChI is InChI=1S/C32H32ClN3O3S.ClH/c1-23-19-27(39-26-11-6-3-7-12-26)14-15-28(23)36(30(37)21-33)31(29-13-8-18-40-29)32(38)35-17-16-34-25(22-35)20-24-9-4-2-5-10-24;/h2-15,18-19,25,31,34H,16-17,20-22H2,1H3;1H. The molecule has 1 aliphatic rings. The maximum Gasteiger partial charge on any atom is 0.251 e. The predicted octanol–water partition coefficient (Wildman–Crippen LogP) is 6.63. The second-order valence-electron chi connectivity index (χ2n) is 9.80. The highest BCUT2D eigenvalue weighted by Gasteiger charge is 2.38. The summed E-state index contributed by atoms with van der Waals surface area (Å²) in [6.07, 6.45) is 0.820. The summed E-state index contributed by atoms with van der Waals surface area (Å²) in [6, 6.07) is 28.5. The van der Waals surface area contributed by atoms with E-state index in [1.165, 1.54) is 16.9 Å². The van der Waals surface area contributed by atoms with Gasteiger partial charge in [-0.05, 0) is 66.2 Å². The van der Waals surface area contributed by atoms with E-state index in [1.54, 1.807) is 4.90 Å². The minimum atomic E-state index is -0.818. The van der Waals surface area contributed by atoms with E-state index in [0.29, 0.717) is 31.1 Å². The number of thiophene rings is 1. The lowest BCUT2D eigenvalue weighted by atomic mass is 10.0. The number of benzene rings is 3. The number of alkyl halides is 1. The number of ether oxygens (including phenoxy) is 1. The van der Waals surface area contributed by atoms with Crippen molar-refractivity contribution in [3.8, 4) is 11.5 Å². The fraction of sp³-hybridized carbons (Fsp3) is 0.250. The van der Waals surface area contributed by atoms with Gasteiger partial charge in [-0.3, -0.25) is 14.5 Å². The maximum absolute atomic E-state index is 14.3. The van der Waals surface area contributed by atoms with Crippen molar-refractivity contribution in [3.63, 3.8) is 0 Å². The summed E-state index contributed by atoms with van der Waals surface area (Å²) in [5.41, 5.74) is 2.66. The quantitative estimate of drug-likeness (QED) is 0.216. The highest BCUT2D eigenvalue weighted by molar-refractivity contribution is 7.10. The van der Waals surface area contributed by atoms with E-state index in [4.69, 9.17) is 16.3 Å². The molecule has 0 aliphatic carbocycles. The number of nitrogens with zero attached hydrogens (tertiary/aromatic N) is 2. The van der Waals surface area contributed by atoms with Gasteiger partial charge in [0.15, 0.2) is 0 Å². The van der Waals surface area contributed by atoms with E-state index in [2.05, 4.69) is 17.4 Å². The van der Waals surface area contributed by atoms with Crippen molar-refractivity contribution in [3.05, 3.63) is 112 Å². The van der Waals surface area contributed by atoms with Gasteiger partial charge in [-0.2, -0.15) is 0 Å². The Balaban J connectivity index is 0.00000387. The highest BCUT2D eigenvalue weighted by atomic mass is 35.5. The molecule has 1 aliphatic heterocycles. The zero-order valence-electron chi connectivity index (χ0n) is 22.7. The number of rotatable bonds is 9. The zero-order chi connectivity index (χ0) is 27.9. The first kappa shape index (κ1) is 30.6. The number of para-hydroxylation sites is 1. The first-order chi connectivity index (χ1) is 19.5. The van der Waals surface area contributed by atoms with E-state index in [1.807, 2.05) is 96.1 Å². The van der Waals surface area contributed by atoms with Gasteiger partial charge in [0.2, 0.25) is 5.91 Å². The molecule has 214 valence electrons. The molecule has 5 rings (SSSR count). The molecule has 2 atom stereocenters. The molecule has 6 nitrogen and oxygen atoms in total. The summed E-state index contributed by atoms with van der Waals surface area (Å²) in [4.78, 5) is 32.0. The molecule has 3 aromatic carbocycles. The van der Waals surface area contributed by atoms with Crippen molar-refractivity contribution >= 4 is 52.8 Å². The second kappa shape index (κ2) is 14.5. The lowest BCUT2D eigenvalue weighted by Crippen LogP contribution is -2.56. The summed E-state index contributed by atoms with van der Waals surface area (Å²) < 4.78 is 6.01. The van der Waals surface area contributed by atoms with Crippen LogP contribution in [0.1, 0.15) is 22.0 Å². The normalized spacial score (nSPS) is 15.5. The van der Waals surface area contributed by atoms with Gasteiger partial charge in [0.25, 0.3) is 5.91 Å². The molecule has 1 N–H and O–H groups in total. The van der Waals surface area contributed by atoms with Gasteiger partial charge >= 0.3 is 0 Å². The molecule has 41 heavy (non-hydrogen) atoms. The summed E-state index contributed by atoms with van der Waals surface area (Å²) in [7, 11) is 0. The fourth-order valence-corrected chi connectivity index (χ4v) is 6.04. The van der Waals surface area contributed by atoms with Crippen LogP contribution in [0, 0.1) is 6.92 Å². The summed E-state index contributed by atoms with van der Waals surface area (Å²) in [5.74, 6) is 0.692. The average Bonchev–Trinajstić information content (AvgIpc) is 3.51. The van der Waals surface area contributed by atoms with Gasteiger partial charge in [-0.25, -0.2) is 0 Å². The molecule has 0 bridgehead atoms. The lowest BCUT2D eigenvalue weighted by molar-refractivity contribution is -0.135. The summed E-state index contributed by atoms with van der Waals surface area (Å²) in [6.45, 7) is 3.73. The largest absolute Gasteiger partial charge is 0.457 e. The van der Waals surface area contributed by atoms with Crippen LogP contribution in [0.25, 0.3) is 0 Å². The van der Waals surface area contributed by atoms with Crippen LogP contribution in [0.2, 0.25) is 0 Å². The minimum Gasteiger partial charge on any atom is -0.457 e. The molecule has 2 heterocycles. The number of piperazine rings is 1. The fourth-order valence-electron chi connectivity index (χ4n) is 5.11. The average molecular weight is 611 g/mol. The van der Waals surface area contributed by atoms with E-state index in [-0.39, 0.29) is 36.1 Å². The molecule has 2 unspecified atom stereocenters. The lowest BCUT2D eigenvalue weighted by Gasteiger charge is -2.39. The minimum absolute atomic E-state index is 0. The smallest absolute Gasteiger partial charge is 0.251 e. The Morgan fingerprint density at radius 2 is 1.76 bits per heavy atom. The van der Waals surface area contributed by atoms with Gasteiger partial charge in [0.1, 0.15) is 23.4 Å². The molecule has 4 aromatic rings. The third-order valence-corrected chi connectivity index (χ3v) is 8.14. The van der Waals surface area contributed by atoms with Crippen LogP contribution in [-0.4, -0.2) is 48.3 Å². The maximum atomic E-state index is 14.3. The number of aryl methyl sites for hydroxylation is 1. The topological polar surface area (TPSA) is 61.9 Å². The van der Waals surface area contributed by atoms with Crippen molar-refractivity contribution in [1.82, 2.24) is 10.2 Å². The molecular formula is C32H33Cl2N3O3S. The second-order valence-corrected chi connectivity index (χ2v) is 11.1. The van der Waals surface area contributed by atoms with Crippen molar-refractivity contribution in [2.45, 2.75) is 25.4 Å². The van der Waals surface area contributed by atoms with Crippen molar-refractivity contribution < 1.29 is 14.3 Å². The van der Waals surface area contributed by atoms with Gasteiger partial charge in [-0.1, -0.05) is 54.6 Å². The van der Waals surface area contributed by atoms with Crippen LogP contribution in [0.4, 0.5) is 5.69 Å². The van der Waals surface area contributed by atoms with Crippen LogP contribution in [-0.2, 0) is 16.0 Å². The Hall–Kier alpha value is -3.36. The number of carbonyl (C=O) groups excluding carboxylic acids is 2. The molecular weight excluding hydrogens is 577 g/mol. The number of nitrogens with one attached hydrogen (secondary N) is 1. The summed E-state index contributed by atoms with van der Waals surface area (Å²) in [5, 5.41) is 5.48. The highest BCUT2D eigenvalue weighted by Crippen LogP contribution is 2.36. The zero-order valence-corrected chi connectivity index (χ0v) is 25.1. The Bertz CT molecular complexity index is 1420. The Morgan fingerprint density at radius 3 is 2.41 bits per heavy atom. The van der Waals surface area contributed by atoms with Crippen molar-refractivity contribution in [1.29, 1.82) is 0 Å². The van der Waals surface area contributed by atoms with Crippen molar-refractivity contribution in [2.24, 2.45) is 0 Å². The Labute approximate surface area is 256 Å². The number of hydrogen-bond donors (Lipinski definition) is 1. The Kier molecular flexibility index (Phi) is 10.8. The van der Waals surface area contributed by atoms with Gasteiger partial charge in [0.05, 0.1) is 0 Å².